The van der Waals surface area contributed by atoms with E-state index in [0.29, 0.717) is 5.75 Å². The minimum atomic E-state index is -0.0275. The van der Waals surface area contributed by atoms with Gasteiger partial charge >= 0.3 is 5.97 Å². The molecule has 0 amide bonds. The molecule has 0 spiro atoms. The molecule has 0 aromatic heterocycles. The maximum Gasteiger partial charge on any atom is 0.314 e. The fourth-order valence-corrected chi connectivity index (χ4v) is 3.48. The highest BCUT2D eigenvalue weighted by Gasteiger charge is 2.27. The molecule has 1 fully saturated rings. The summed E-state index contributed by atoms with van der Waals surface area (Å²) in [5.41, 5.74) is 1.32. The van der Waals surface area contributed by atoms with Crippen LogP contribution in [0.15, 0.2) is 24.3 Å². The van der Waals surface area contributed by atoms with Crippen LogP contribution in [0.5, 0.6) is 5.75 Å². The highest BCUT2D eigenvalue weighted by atomic mass is 16.5. The van der Waals surface area contributed by atoms with Gasteiger partial charge in [-0.05, 0) is 62.1 Å². The molecule has 128 valence electrons. The number of ether oxygens (including phenoxy) is 1. The van der Waals surface area contributed by atoms with Crippen LogP contribution in [0.2, 0.25) is 0 Å². The van der Waals surface area contributed by atoms with E-state index in [2.05, 4.69) is 26.0 Å². The molecule has 2 rings (SSSR count). The van der Waals surface area contributed by atoms with E-state index in [1.165, 1.54) is 50.5 Å². The molecular formula is C21H32O2. The van der Waals surface area contributed by atoms with Gasteiger partial charge in [-0.2, -0.15) is 0 Å². The summed E-state index contributed by atoms with van der Waals surface area (Å²) in [6.07, 6.45) is 11.8. The Labute approximate surface area is 141 Å². The second-order valence-corrected chi connectivity index (χ2v) is 7.03. The highest BCUT2D eigenvalue weighted by molar-refractivity contribution is 5.75. The van der Waals surface area contributed by atoms with E-state index in [9.17, 15) is 4.79 Å². The van der Waals surface area contributed by atoms with Crippen molar-refractivity contribution in [1.82, 2.24) is 0 Å². The van der Waals surface area contributed by atoms with Gasteiger partial charge < -0.3 is 4.74 Å². The van der Waals surface area contributed by atoms with E-state index in [-0.39, 0.29) is 11.9 Å². The number of carbonyl (C=O) groups is 1. The molecule has 2 heteroatoms. The summed E-state index contributed by atoms with van der Waals surface area (Å²) >= 11 is 0. The van der Waals surface area contributed by atoms with Crippen LogP contribution >= 0.6 is 0 Å². The third-order valence-electron chi connectivity index (χ3n) is 5.11. The van der Waals surface area contributed by atoms with Gasteiger partial charge in [0.2, 0.25) is 0 Å². The maximum atomic E-state index is 12.3. The lowest BCUT2D eigenvalue weighted by atomic mass is 9.80. The molecule has 0 unspecified atom stereocenters. The summed E-state index contributed by atoms with van der Waals surface area (Å²) in [5, 5.41) is 0. The molecule has 23 heavy (non-hydrogen) atoms. The van der Waals surface area contributed by atoms with Crippen molar-refractivity contribution in [2.45, 2.75) is 78.1 Å². The van der Waals surface area contributed by atoms with E-state index >= 15 is 0 Å². The zero-order chi connectivity index (χ0) is 16.5. The van der Waals surface area contributed by atoms with Crippen LogP contribution in [-0.4, -0.2) is 5.97 Å². The fourth-order valence-electron chi connectivity index (χ4n) is 3.48. The van der Waals surface area contributed by atoms with E-state index < -0.39 is 0 Å². The van der Waals surface area contributed by atoms with Crippen LogP contribution in [0, 0.1) is 11.8 Å². The topological polar surface area (TPSA) is 26.3 Å². The van der Waals surface area contributed by atoms with Gasteiger partial charge in [0.15, 0.2) is 0 Å². The molecule has 0 bridgehead atoms. The van der Waals surface area contributed by atoms with E-state index in [0.717, 1.165) is 25.2 Å². The number of hydrogen-bond acceptors (Lipinski definition) is 2. The highest BCUT2D eigenvalue weighted by Crippen LogP contribution is 2.32. The molecule has 0 heterocycles. The molecule has 1 aromatic carbocycles. The Morgan fingerprint density at radius 2 is 1.65 bits per heavy atom. The van der Waals surface area contributed by atoms with Gasteiger partial charge in [0.25, 0.3) is 0 Å². The van der Waals surface area contributed by atoms with E-state index in [1.807, 2.05) is 12.1 Å². The Hall–Kier alpha value is -1.31. The summed E-state index contributed by atoms with van der Waals surface area (Å²) in [4.78, 5) is 12.3. The molecular weight excluding hydrogens is 284 g/mol. The average molecular weight is 316 g/mol. The van der Waals surface area contributed by atoms with Gasteiger partial charge in [0.05, 0.1) is 5.92 Å². The lowest BCUT2D eigenvalue weighted by Gasteiger charge is -2.27. The van der Waals surface area contributed by atoms with Crippen molar-refractivity contribution in [2.24, 2.45) is 11.8 Å². The zero-order valence-corrected chi connectivity index (χ0v) is 14.9. The molecule has 1 saturated carbocycles. The number of unbranched alkanes of at least 4 members (excludes halogenated alkanes) is 2. The molecule has 0 N–H and O–H groups in total. The Morgan fingerprint density at radius 1 is 1.00 bits per heavy atom. The van der Waals surface area contributed by atoms with E-state index in [1.54, 1.807) is 0 Å². The number of benzene rings is 1. The molecule has 0 atom stereocenters. The third kappa shape index (κ3) is 6.01. The van der Waals surface area contributed by atoms with Gasteiger partial charge in [-0.1, -0.05) is 51.7 Å². The number of aryl methyl sites for hydroxylation is 1. The van der Waals surface area contributed by atoms with E-state index in [4.69, 9.17) is 4.74 Å². The normalized spacial score (nSPS) is 21.1. The predicted molar refractivity (Wildman–Crippen MR) is 95.7 cm³/mol. The second-order valence-electron chi connectivity index (χ2n) is 7.03. The molecule has 1 aromatic rings. The minimum absolute atomic E-state index is 0.0275. The van der Waals surface area contributed by atoms with Crippen molar-refractivity contribution in [3.05, 3.63) is 29.8 Å². The van der Waals surface area contributed by atoms with Gasteiger partial charge in [-0.3, -0.25) is 4.79 Å². The Kier molecular flexibility index (Phi) is 7.64. The van der Waals surface area contributed by atoms with Crippen LogP contribution < -0.4 is 4.74 Å². The standard InChI is InChI=1S/C21H32O2/c1-3-5-7-17-9-13-19(14-10-17)21(22)23-20-15-11-18(12-16-20)8-6-4-2/h11-12,15-17,19H,3-10,13-14H2,1-2H3. The lowest BCUT2D eigenvalue weighted by molar-refractivity contribution is -0.140. The molecule has 0 saturated heterocycles. The monoisotopic (exact) mass is 316 g/mol. The van der Waals surface area contributed by atoms with Crippen molar-refractivity contribution in [3.63, 3.8) is 0 Å². The first-order valence-corrected chi connectivity index (χ1v) is 9.53. The third-order valence-corrected chi connectivity index (χ3v) is 5.11. The SMILES string of the molecule is CCCCc1ccc(OC(=O)C2CCC(CCCC)CC2)cc1. The summed E-state index contributed by atoms with van der Waals surface area (Å²) in [6.45, 7) is 4.45. The Balaban J connectivity index is 1.76. The van der Waals surface area contributed by atoms with Crippen molar-refractivity contribution in [2.75, 3.05) is 0 Å². The molecule has 0 aliphatic heterocycles. The van der Waals surface area contributed by atoms with Crippen LogP contribution in [-0.2, 0) is 11.2 Å². The zero-order valence-electron chi connectivity index (χ0n) is 14.9. The first-order chi connectivity index (χ1) is 11.2. The summed E-state index contributed by atoms with van der Waals surface area (Å²) in [7, 11) is 0. The molecule has 0 radical (unpaired) electrons. The minimum Gasteiger partial charge on any atom is -0.426 e. The van der Waals surface area contributed by atoms with Crippen molar-refractivity contribution in [3.8, 4) is 5.75 Å². The largest absolute Gasteiger partial charge is 0.426 e. The molecule has 2 nitrogen and oxygen atoms in total. The summed E-state index contributed by atoms with van der Waals surface area (Å²) in [5.74, 6) is 1.60. The molecule has 1 aliphatic rings. The Bertz CT molecular complexity index is 455. The number of hydrogen-bond donors (Lipinski definition) is 0. The van der Waals surface area contributed by atoms with Crippen LogP contribution in [0.1, 0.15) is 77.2 Å². The van der Waals surface area contributed by atoms with Crippen LogP contribution in [0.25, 0.3) is 0 Å². The summed E-state index contributed by atoms with van der Waals surface area (Å²) < 4.78 is 5.59. The lowest BCUT2D eigenvalue weighted by Crippen LogP contribution is -2.25. The van der Waals surface area contributed by atoms with Crippen LogP contribution in [0.3, 0.4) is 0 Å². The van der Waals surface area contributed by atoms with Gasteiger partial charge in [0.1, 0.15) is 5.75 Å². The predicted octanol–water partition coefficient (Wildman–Crippen LogP) is 5.93. The Morgan fingerprint density at radius 3 is 2.26 bits per heavy atom. The molecule has 1 aliphatic carbocycles. The second kappa shape index (κ2) is 9.75. The maximum absolute atomic E-state index is 12.3. The van der Waals surface area contributed by atoms with Crippen molar-refractivity contribution >= 4 is 5.97 Å². The van der Waals surface area contributed by atoms with Crippen LogP contribution in [0.4, 0.5) is 0 Å². The van der Waals surface area contributed by atoms with Gasteiger partial charge in [0, 0.05) is 0 Å². The van der Waals surface area contributed by atoms with Gasteiger partial charge in [-0.25, -0.2) is 0 Å². The number of carbonyl (C=O) groups excluding carboxylic acids is 1. The first-order valence-electron chi connectivity index (χ1n) is 9.53. The number of rotatable bonds is 8. The number of esters is 1. The fraction of sp³-hybridized carbons (Fsp3) is 0.667. The smallest absolute Gasteiger partial charge is 0.314 e. The van der Waals surface area contributed by atoms with Crippen molar-refractivity contribution in [1.29, 1.82) is 0 Å². The summed E-state index contributed by atoms with van der Waals surface area (Å²) in [6, 6.07) is 8.05. The first kappa shape index (κ1) is 18.0. The van der Waals surface area contributed by atoms with Crippen molar-refractivity contribution < 1.29 is 9.53 Å². The average Bonchev–Trinajstić information content (AvgIpc) is 2.59. The van der Waals surface area contributed by atoms with Gasteiger partial charge in [-0.15, -0.1) is 0 Å². The quantitative estimate of drug-likeness (QED) is 0.439.